The number of rotatable bonds is 5. The number of ether oxygens (including phenoxy) is 2. The van der Waals surface area contributed by atoms with Gasteiger partial charge in [-0.2, -0.15) is 0 Å². The van der Waals surface area contributed by atoms with Gasteiger partial charge in [0.25, 0.3) is 5.91 Å². The van der Waals surface area contributed by atoms with Gasteiger partial charge in [0.2, 0.25) is 0 Å². The van der Waals surface area contributed by atoms with Gasteiger partial charge in [-0.25, -0.2) is 9.37 Å². The van der Waals surface area contributed by atoms with Gasteiger partial charge in [0.1, 0.15) is 17.3 Å². The van der Waals surface area contributed by atoms with Gasteiger partial charge in [-0.1, -0.05) is 0 Å². The van der Waals surface area contributed by atoms with Crippen LogP contribution in [0.3, 0.4) is 0 Å². The molecule has 0 unspecified atom stereocenters. The summed E-state index contributed by atoms with van der Waals surface area (Å²) in [5.41, 5.74) is 1.69. The molecule has 0 saturated carbocycles. The molecule has 2 aromatic heterocycles. The maximum atomic E-state index is 13.3. The minimum atomic E-state index is -0.333. The summed E-state index contributed by atoms with van der Waals surface area (Å²) < 4.78 is 25.6. The van der Waals surface area contributed by atoms with Crippen LogP contribution in [0.4, 0.5) is 10.2 Å². The number of amides is 1. The Morgan fingerprint density at radius 3 is 2.57 bits per heavy atom. The minimum absolute atomic E-state index is 0.322. The predicted molar refractivity (Wildman–Crippen MR) is 106 cm³/mol. The van der Waals surface area contributed by atoms with Crippen molar-refractivity contribution in [3.63, 3.8) is 0 Å². The van der Waals surface area contributed by atoms with Gasteiger partial charge in [-0.3, -0.25) is 9.20 Å². The van der Waals surface area contributed by atoms with Gasteiger partial charge < -0.3 is 14.8 Å². The Morgan fingerprint density at radius 2 is 1.86 bits per heavy atom. The van der Waals surface area contributed by atoms with Crippen molar-refractivity contribution in [2.75, 3.05) is 19.5 Å². The van der Waals surface area contributed by atoms with Gasteiger partial charge >= 0.3 is 0 Å². The number of aromatic nitrogens is 2. The summed E-state index contributed by atoms with van der Waals surface area (Å²) in [6.45, 7) is 0. The average Bonchev–Trinajstić information content (AvgIpc) is 3.30. The quantitative estimate of drug-likeness (QED) is 0.540. The largest absolute Gasteiger partial charge is 0.493 e. The maximum absolute atomic E-state index is 13.3. The summed E-state index contributed by atoms with van der Waals surface area (Å²) in [5.74, 6) is 0.860. The number of anilines is 1. The number of fused-ring (bicyclic) bond motifs is 1. The first kappa shape index (κ1) is 18.0. The Labute approximate surface area is 164 Å². The van der Waals surface area contributed by atoms with Crippen LogP contribution in [0.25, 0.3) is 16.2 Å². The highest BCUT2D eigenvalue weighted by Crippen LogP contribution is 2.32. The van der Waals surface area contributed by atoms with Crippen molar-refractivity contribution >= 4 is 28.0 Å². The van der Waals surface area contributed by atoms with Crippen LogP contribution in [0.15, 0.2) is 54.0 Å². The molecule has 8 heteroatoms. The molecule has 142 valence electrons. The smallest absolute Gasteiger partial charge is 0.256 e. The summed E-state index contributed by atoms with van der Waals surface area (Å²) >= 11 is 1.44. The lowest BCUT2D eigenvalue weighted by Crippen LogP contribution is -2.14. The van der Waals surface area contributed by atoms with E-state index in [1.165, 1.54) is 37.7 Å². The summed E-state index contributed by atoms with van der Waals surface area (Å²) in [6.07, 6.45) is 1.82. The second-order valence-electron chi connectivity index (χ2n) is 5.90. The number of carbonyl (C=O) groups excluding carboxylic acids is 1. The number of hydrogen-bond donors (Lipinski definition) is 1. The number of nitrogens with zero attached hydrogens (tertiary/aromatic N) is 2. The van der Waals surface area contributed by atoms with Crippen LogP contribution >= 0.6 is 11.3 Å². The normalized spacial score (nSPS) is 10.8. The standard InChI is InChI=1S/C20H16FN3O3S/c1-26-15-8-5-13(11-16(15)27-2)19(25)23-18-17(12-3-6-14(21)7-4-12)22-20-24(18)9-10-28-20/h3-11H,1-2H3,(H,23,25). The van der Waals surface area contributed by atoms with Crippen molar-refractivity contribution in [2.45, 2.75) is 0 Å². The van der Waals surface area contributed by atoms with Crippen LogP contribution in [-0.2, 0) is 0 Å². The van der Waals surface area contributed by atoms with Crippen LogP contribution in [0, 0.1) is 5.82 Å². The van der Waals surface area contributed by atoms with Crippen molar-refractivity contribution in [1.82, 2.24) is 9.38 Å². The number of imidazole rings is 1. The molecule has 0 radical (unpaired) electrons. The van der Waals surface area contributed by atoms with Crippen LogP contribution in [0.1, 0.15) is 10.4 Å². The highest BCUT2D eigenvalue weighted by molar-refractivity contribution is 7.15. The maximum Gasteiger partial charge on any atom is 0.256 e. The number of thiazole rings is 1. The molecular weight excluding hydrogens is 381 g/mol. The molecule has 0 atom stereocenters. The van der Waals surface area contributed by atoms with Crippen LogP contribution in [-0.4, -0.2) is 29.5 Å². The second-order valence-corrected chi connectivity index (χ2v) is 6.77. The van der Waals surface area contributed by atoms with E-state index in [4.69, 9.17) is 9.47 Å². The fourth-order valence-corrected chi connectivity index (χ4v) is 3.59. The molecule has 0 aliphatic carbocycles. The molecule has 0 fully saturated rings. The third-order valence-corrected chi connectivity index (χ3v) is 5.01. The lowest BCUT2D eigenvalue weighted by molar-refractivity contribution is 0.102. The van der Waals surface area contributed by atoms with Gasteiger partial charge in [0.05, 0.1) is 14.2 Å². The fraction of sp³-hybridized carbons (Fsp3) is 0.100. The number of halogens is 1. The Kier molecular flexibility index (Phi) is 4.70. The van der Waals surface area contributed by atoms with E-state index in [0.29, 0.717) is 34.1 Å². The zero-order valence-corrected chi connectivity index (χ0v) is 15.9. The van der Waals surface area contributed by atoms with Crippen LogP contribution < -0.4 is 14.8 Å². The molecule has 1 amide bonds. The summed E-state index contributed by atoms with van der Waals surface area (Å²) in [5, 5.41) is 4.79. The van der Waals surface area contributed by atoms with Crippen molar-refractivity contribution in [3.05, 3.63) is 65.4 Å². The lowest BCUT2D eigenvalue weighted by atomic mass is 10.1. The topological polar surface area (TPSA) is 64.9 Å². The molecule has 4 rings (SSSR count). The Bertz CT molecular complexity index is 1150. The zero-order valence-electron chi connectivity index (χ0n) is 15.1. The van der Waals surface area contributed by atoms with Gasteiger partial charge in [0, 0.05) is 22.7 Å². The Morgan fingerprint density at radius 1 is 1.11 bits per heavy atom. The molecule has 0 aliphatic rings. The van der Waals surface area contributed by atoms with E-state index >= 15 is 0 Å². The molecule has 1 N–H and O–H groups in total. The Hall–Kier alpha value is -3.39. The molecule has 6 nitrogen and oxygen atoms in total. The van der Waals surface area contributed by atoms with E-state index in [-0.39, 0.29) is 11.7 Å². The van der Waals surface area contributed by atoms with E-state index in [1.807, 2.05) is 11.6 Å². The van der Waals surface area contributed by atoms with Gasteiger partial charge in [0.15, 0.2) is 16.5 Å². The van der Waals surface area contributed by atoms with E-state index in [2.05, 4.69) is 10.3 Å². The monoisotopic (exact) mass is 397 g/mol. The molecule has 0 saturated heterocycles. The number of benzene rings is 2. The average molecular weight is 397 g/mol. The van der Waals surface area contributed by atoms with Crippen LogP contribution in [0.2, 0.25) is 0 Å². The zero-order chi connectivity index (χ0) is 19.7. The predicted octanol–water partition coefficient (Wildman–Crippen LogP) is 4.47. The minimum Gasteiger partial charge on any atom is -0.493 e. The van der Waals surface area contributed by atoms with E-state index in [1.54, 1.807) is 34.7 Å². The number of nitrogens with one attached hydrogen (secondary N) is 1. The fourth-order valence-electron chi connectivity index (χ4n) is 2.87. The first-order chi connectivity index (χ1) is 13.6. The lowest BCUT2D eigenvalue weighted by Gasteiger charge is -2.10. The first-order valence-corrected chi connectivity index (χ1v) is 9.23. The van der Waals surface area contributed by atoms with E-state index < -0.39 is 0 Å². The summed E-state index contributed by atoms with van der Waals surface area (Å²) in [4.78, 5) is 18.2. The number of methoxy groups -OCH3 is 2. The molecule has 2 heterocycles. The molecule has 28 heavy (non-hydrogen) atoms. The summed E-state index contributed by atoms with van der Waals surface area (Å²) in [7, 11) is 3.05. The highest BCUT2D eigenvalue weighted by Gasteiger charge is 2.19. The van der Waals surface area contributed by atoms with E-state index in [9.17, 15) is 9.18 Å². The molecule has 0 bridgehead atoms. The molecule has 2 aromatic carbocycles. The second kappa shape index (κ2) is 7.32. The summed E-state index contributed by atoms with van der Waals surface area (Å²) in [6, 6.07) is 10.9. The third kappa shape index (κ3) is 3.18. The van der Waals surface area contributed by atoms with Crippen LogP contribution in [0.5, 0.6) is 11.5 Å². The van der Waals surface area contributed by atoms with Crippen molar-refractivity contribution in [2.24, 2.45) is 0 Å². The van der Waals surface area contributed by atoms with Crippen molar-refractivity contribution in [3.8, 4) is 22.8 Å². The highest BCUT2D eigenvalue weighted by atomic mass is 32.1. The van der Waals surface area contributed by atoms with Crippen molar-refractivity contribution < 1.29 is 18.7 Å². The van der Waals surface area contributed by atoms with Crippen molar-refractivity contribution in [1.29, 1.82) is 0 Å². The Balaban J connectivity index is 1.73. The number of carbonyl (C=O) groups is 1. The van der Waals surface area contributed by atoms with Gasteiger partial charge in [-0.05, 0) is 42.5 Å². The third-order valence-electron chi connectivity index (χ3n) is 4.26. The molecular formula is C20H16FN3O3S. The first-order valence-electron chi connectivity index (χ1n) is 8.35. The van der Waals surface area contributed by atoms with Gasteiger partial charge in [-0.15, -0.1) is 11.3 Å². The molecule has 0 aliphatic heterocycles. The molecule has 0 spiro atoms. The number of hydrogen-bond acceptors (Lipinski definition) is 5. The molecule has 4 aromatic rings. The van der Waals surface area contributed by atoms with E-state index in [0.717, 1.165) is 4.96 Å². The SMILES string of the molecule is COc1ccc(C(=O)Nc2c(-c3ccc(F)cc3)nc3sccn23)cc1OC.